The van der Waals surface area contributed by atoms with Crippen LogP contribution < -0.4 is 10.1 Å². The molecule has 0 saturated carbocycles. The lowest BCUT2D eigenvalue weighted by Crippen LogP contribution is -2.35. The fourth-order valence-electron chi connectivity index (χ4n) is 3.30. The summed E-state index contributed by atoms with van der Waals surface area (Å²) in [7, 11) is -3.75. The van der Waals surface area contributed by atoms with Crippen molar-refractivity contribution in [1.82, 2.24) is 4.31 Å². The Labute approximate surface area is 185 Å². The first-order valence-corrected chi connectivity index (χ1v) is 11.7. The Morgan fingerprint density at radius 2 is 1.61 bits per heavy atom. The first-order valence-electron chi connectivity index (χ1n) is 9.88. The molecule has 0 aliphatic carbocycles. The molecular weight excluding hydrogens is 440 g/mol. The topological polar surface area (TPSA) is 88.8 Å². The number of amides is 1. The minimum Gasteiger partial charge on any atom is -0.454 e. The number of nitrogens with one attached hydrogen (secondary N) is 1. The quantitative estimate of drug-likeness (QED) is 0.549. The number of sulfonamides is 1. The molecule has 7 nitrogen and oxygen atoms in total. The highest BCUT2D eigenvalue weighted by molar-refractivity contribution is 7.89. The summed E-state index contributed by atoms with van der Waals surface area (Å²) in [6.07, 6.45) is 2.64. The molecule has 162 valence electrons. The standard InChI is InChI=1S/C22H21ClN2O5S/c23-16-8-2-4-10-18(16)29-19-11-5-3-9-17(19)24-22(26)20-12-13-21(30-20)31(27,28)25-14-6-1-7-15-25/h2-5,8-13H,1,6-7,14-15H2,(H,24,26). The van der Waals surface area contributed by atoms with Crippen LogP contribution in [-0.4, -0.2) is 31.7 Å². The largest absolute Gasteiger partial charge is 0.454 e. The second kappa shape index (κ2) is 9.13. The SMILES string of the molecule is O=C(Nc1ccccc1Oc1ccccc1Cl)c1ccc(S(=O)(=O)N2CCCCC2)o1. The van der Waals surface area contributed by atoms with Crippen LogP contribution >= 0.6 is 11.6 Å². The first kappa shape index (κ1) is 21.4. The van der Waals surface area contributed by atoms with Gasteiger partial charge in [0.25, 0.3) is 15.9 Å². The molecule has 0 radical (unpaired) electrons. The van der Waals surface area contributed by atoms with Gasteiger partial charge in [-0.15, -0.1) is 0 Å². The molecular formula is C22H21ClN2O5S. The van der Waals surface area contributed by atoms with Crippen molar-refractivity contribution in [1.29, 1.82) is 0 Å². The van der Waals surface area contributed by atoms with Crippen molar-refractivity contribution in [3.8, 4) is 11.5 Å². The zero-order valence-corrected chi connectivity index (χ0v) is 18.2. The fourth-order valence-corrected chi connectivity index (χ4v) is 4.90. The number of benzene rings is 2. The molecule has 2 aromatic carbocycles. The van der Waals surface area contributed by atoms with Gasteiger partial charge in [0.05, 0.1) is 10.7 Å². The highest BCUT2D eigenvalue weighted by Crippen LogP contribution is 2.33. The summed E-state index contributed by atoms with van der Waals surface area (Å²) >= 11 is 6.15. The van der Waals surface area contributed by atoms with Crippen LogP contribution in [0.1, 0.15) is 29.8 Å². The fraction of sp³-hybridized carbons (Fsp3) is 0.227. The molecule has 1 aromatic heterocycles. The monoisotopic (exact) mass is 460 g/mol. The zero-order valence-electron chi connectivity index (χ0n) is 16.6. The Hall–Kier alpha value is -2.81. The number of furan rings is 1. The third kappa shape index (κ3) is 4.76. The van der Waals surface area contributed by atoms with Gasteiger partial charge in [0.1, 0.15) is 5.75 Å². The van der Waals surface area contributed by atoms with Crippen molar-refractivity contribution in [3.05, 3.63) is 71.4 Å². The minimum atomic E-state index is -3.75. The maximum Gasteiger partial charge on any atom is 0.291 e. The minimum absolute atomic E-state index is 0.108. The van der Waals surface area contributed by atoms with Crippen molar-refractivity contribution in [3.63, 3.8) is 0 Å². The number of hydrogen-bond acceptors (Lipinski definition) is 5. The van der Waals surface area contributed by atoms with E-state index in [0.29, 0.717) is 35.3 Å². The van der Waals surface area contributed by atoms with Gasteiger partial charge in [-0.25, -0.2) is 8.42 Å². The van der Waals surface area contributed by atoms with Crippen LogP contribution in [0.3, 0.4) is 0 Å². The van der Waals surface area contributed by atoms with Gasteiger partial charge in [-0.05, 0) is 49.2 Å². The highest BCUT2D eigenvalue weighted by Gasteiger charge is 2.29. The smallest absolute Gasteiger partial charge is 0.291 e. The van der Waals surface area contributed by atoms with E-state index in [9.17, 15) is 13.2 Å². The number of carbonyl (C=O) groups excluding carboxylic acids is 1. The van der Waals surface area contributed by atoms with Crippen LogP contribution in [0.15, 0.2) is 70.2 Å². The maximum absolute atomic E-state index is 12.7. The molecule has 31 heavy (non-hydrogen) atoms. The predicted octanol–water partition coefficient (Wildman–Crippen LogP) is 5.15. The number of halogens is 1. The lowest BCUT2D eigenvalue weighted by molar-refractivity contribution is 0.0991. The third-order valence-electron chi connectivity index (χ3n) is 4.91. The summed E-state index contributed by atoms with van der Waals surface area (Å²) < 4.78 is 38.1. The Balaban J connectivity index is 1.52. The molecule has 1 N–H and O–H groups in total. The predicted molar refractivity (Wildman–Crippen MR) is 117 cm³/mol. The molecule has 0 atom stereocenters. The van der Waals surface area contributed by atoms with Crippen molar-refractivity contribution in [2.24, 2.45) is 0 Å². The summed E-state index contributed by atoms with van der Waals surface area (Å²) in [4.78, 5) is 12.7. The van der Waals surface area contributed by atoms with Crippen LogP contribution in [0.5, 0.6) is 11.5 Å². The van der Waals surface area contributed by atoms with E-state index in [1.807, 2.05) is 0 Å². The second-order valence-corrected chi connectivity index (χ2v) is 9.34. The van der Waals surface area contributed by atoms with Crippen LogP contribution in [0.25, 0.3) is 0 Å². The number of rotatable bonds is 6. The molecule has 1 fully saturated rings. The van der Waals surface area contributed by atoms with E-state index in [4.69, 9.17) is 20.8 Å². The van der Waals surface area contributed by atoms with Gasteiger partial charge in [0.2, 0.25) is 5.09 Å². The van der Waals surface area contributed by atoms with Crippen molar-refractivity contribution in [2.75, 3.05) is 18.4 Å². The third-order valence-corrected chi connectivity index (χ3v) is 6.99. The summed E-state index contributed by atoms with van der Waals surface area (Å²) in [5.41, 5.74) is 0.393. The van der Waals surface area contributed by atoms with E-state index in [2.05, 4.69) is 5.32 Å². The number of nitrogens with zero attached hydrogens (tertiary/aromatic N) is 1. The van der Waals surface area contributed by atoms with Gasteiger partial charge in [0.15, 0.2) is 11.5 Å². The molecule has 0 unspecified atom stereocenters. The van der Waals surface area contributed by atoms with Gasteiger partial charge < -0.3 is 14.5 Å². The lowest BCUT2D eigenvalue weighted by atomic mass is 10.2. The molecule has 1 amide bonds. The summed E-state index contributed by atoms with van der Waals surface area (Å²) in [5.74, 6) is 0.133. The average Bonchev–Trinajstić information content (AvgIpc) is 3.29. The molecule has 2 heterocycles. The Morgan fingerprint density at radius 1 is 0.935 bits per heavy atom. The molecule has 3 aromatic rings. The number of carbonyl (C=O) groups is 1. The van der Waals surface area contributed by atoms with Gasteiger partial charge in [-0.1, -0.05) is 42.3 Å². The van der Waals surface area contributed by atoms with Crippen LogP contribution in [0, 0.1) is 0 Å². The number of hydrogen-bond donors (Lipinski definition) is 1. The average molecular weight is 461 g/mol. The van der Waals surface area contributed by atoms with E-state index in [-0.39, 0.29) is 10.9 Å². The van der Waals surface area contributed by atoms with Crippen LogP contribution in [0.4, 0.5) is 5.69 Å². The molecule has 0 spiro atoms. The lowest BCUT2D eigenvalue weighted by Gasteiger charge is -2.24. The first-order chi connectivity index (χ1) is 14.9. The number of anilines is 1. The second-order valence-electron chi connectivity index (χ2n) is 7.07. The Bertz CT molecular complexity index is 1190. The van der Waals surface area contributed by atoms with Gasteiger partial charge >= 0.3 is 0 Å². The van der Waals surface area contributed by atoms with Gasteiger partial charge in [-0.2, -0.15) is 4.31 Å². The molecule has 1 aliphatic rings. The van der Waals surface area contributed by atoms with E-state index in [1.54, 1.807) is 48.5 Å². The van der Waals surface area contributed by atoms with E-state index in [1.165, 1.54) is 16.4 Å². The number of piperidine rings is 1. The summed E-state index contributed by atoms with van der Waals surface area (Å²) in [5, 5.41) is 2.90. The zero-order chi connectivity index (χ0) is 21.8. The molecule has 4 rings (SSSR count). The summed E-state index contributed by atoms with van der Waals surface area (Å²) in [6.45, 7) is 0.911. The molecule has 1 aliphatic heterocycles. The molecule has 9 heteroatoms. The Kier molecular flexibility index (Phi) is 6.31. The van der Waals surface area contributed by atoms with Crippen molar-refractivity contribution < 1.29 is 22.4 Å². The molecule has 0 bridgehead atoms. The van der Waals surface area contributed by atoms with Gasteiger partial charge in [-0.3, -0.25) is 4.79 Å². The number of ether oxygens (including phenoxy) is 1. The van der Waals surface area contributed by atoms with E-state index in [0.717, 1.165) is 19.3 Å². The highest BCUT2D eigenvalue weighted by atomic mass is 35.5. The van der Waals surface area contributed by atoms with Crippen LogP contribution in [0.2, 0.25) is 5.02 Å². The number of para-hydroxylation sites is 3. The van der Waals surface area contributed by atoms with Crippen molar-refractivity contribution >= 4 is 33.2 Å². The van der Waals surface area contributed by atoms with Gasteiger partial charge in [0, 0.05) is 13.1 Å². The summed E-state index contributed by atoms with van der Waals surface area (Å²) in [6, 6.07) is 16.5. The maximum atomic E-state index is 12.7. The van der Waals surface area contributed by atoms with Crippen molar-refractivity contribution in [2.45, 2.75) is 24.4 Å². The normalized spacial score (nSPS) is 14.9. The van der Waals surface area contributed by atoms with E-state index < -0.39 is 15.9 Å². The van der Waals surface area contributed by atoms with Crippen LogP contribution in [-0.2, 0) is 10.0 Å². The van der Waals surface area contributed by atoms with E-state index >= 15 is 0 Å². The Morgan fingerprint density at radius 3 is 2.35 bits per heavy atom. The molecule has 1 saturated heterocycles.